The summed E-state index contributed by atoms with van der Waals surface area (Å²) in [5.74, 6) is 0.415. The molecule has 1 amide bonds. The molecule has 3 rings (SSSR count). The molecular weight excluding hydrogens is 324 g/mol. The van der Waals surface area contributed by atoms with Crippen LogP contribution in [-0.2, 0) is 9.53 Å². The average molecular weight is 350 g/mol. The van der Waals surface area contributed by atoms with Crippen molar-refractivity contribution >= 4 is 23.2 Å². The molecule has 132 valence electrons. The number of piperidine rings is 1. The maximum atomic E-state index is 12.5. The predicted octanol–water partition coefficient (Wildman–Crippen LogP) is 3.75. The molecule has 1 aromatic heterocycles. The van der Waals surface area contributed by atoms with Gasteiger partial charge in [-0.05, 0) is 19.3 Å². The van der Waals surface area contributed by atoms with Gasteiger partial charge in [-0.2, -0.15) is 0 Å². The van der Waals surface area contributed by atoms with Crippen molar-refractivity contribution in [2.24, 2.45) is 0 Å². The van der Waals surface area contributed by atoms with Gasteiger partial charge in [0.1, 0.15) is 11.0 Å². The molecule has 0 atom stereocenters. The summed E-state index contributed by atoms with van der Waals surface area (Å²) in [4.78, 5) is 31.5. The molecular formula is C18H26N2O3S. The highest BCUT2D eigenvalue weighted by atomic mass is 32.1. The molecule has 6 heteroatoms. The van der Waals surface area contributed by atoms with Crippen LogP contribution in [0.3, 0.4) is 0 Å². The Labute approximate surface area is 147 Å². The van der Waals surface area contributed by atoms with Crippen LogP contribution >= 0.6 is 11.3 Å². The molecule has 1 aliphatic carbocycles. The molecule has 0 unspecified atom stereocenters. The van der Waals surface area contributed by atoms with Crippen molar-refractivity contribution in [2.75, 3.05) is 13.1 Å². The maximum absolute atomic E-state index is 12.5. The second-order valence-corrected chi connectivity index (χ2v) is 7.64. The number of rotatable bonds is 5. The number of hydrogen-bond acceptors (Lipinski definition) is 5. The fraction of sp³-hybridized carbons (Fsp3) is 0.722. The van der Waals surface area contributed by atoms with E-state index in [1.807, 2.05) is 11.8 Å². The number of ether oxygens (including phenoxy) is 1. The lowest BCUT2D eigenvalue weighted by molar-refractivity contribution is -0.133. The van der Waals surface area contributed by atoms with Gasteiger partial charge in [-0.25, -0.2) is 9.78 Å². The van der Waals surface area contributed by atoms with Crippen molar-refractivity contribution in [1.82, 2.24) is 9.88 Å². The number of likely N-dealkylation sites (tertiary alicyclic amines) is 1. The molecule has 0 spiro atoms. The van der Waals surface area contributed by atoms with Crippen molar-refractivity contribution in [3.05, 3.63) is 16.1 Å². The molecule has 2 fully saturated rings. The lowest BCUT2D eigenvalue weighted by Crippen LogP contribution is -2.41. The van der Waals surface area contributed by atoms with E-state index in [1.165, 1.54) is 24.2 Å². The third kappa shape index (κ3) is 3.97. The SMILES string of the molecule is CCCC(=O)N1CCC(OC(=O)c2scnc2C2CCCC2)CC1. The van der Waals surface area contributed by atoms with Crippen LogP contribution in [0, 0.1) is 0 Å². The second kappa shape index (κ2) is 8.10. The van der Waals surface area contributed by atoms with Crippen LogP contribution in [0.25, 0.3) is 0 Å². The standard InChI is InChI=1S/C18H26N2O3S/c1-2-5-15(21)20-10-8-14(9-11-20)23-18(22)17-16(19-12-24-17)13-6-3-4-7-13/h12-14H,2-11H2,1H3. The van der Waals surface area contributed by atoms with Crippen LogP contribution in [-0.4, -0.2) is 41.0 Å². The number of aromatic nitrogens is 1. The Bertz CT molecular complexity index is 573. The van der Waals surface area contributed by atoms with Crippen LogP contribution < -0.4 is 0 Å². The predicted molar refractivity (Wildman–Crippen MR) is 93.2 cm³/mol. The van der Waals surface area contributed by atoms with Crippen LogP contribution in [0.15, 0.2) is 5.51 Å². The van der Waals surface area contributed by atoms with Crippen molar-refractivity contribution in [3.8, 4) is 0 Å². The fourth-order valence-corrected chi connectivity index (χ4v) is 4.45. The first-order valence-electron chi connectivity index (χ1n) is 9.11. The number of amides is 1. The molecule has 1 aliphatic heterocycles. The number of carbonyl (C=O) groups is 2. The van der Waals surface area contributed by atoms with E-state index >= 15 is 0 Å². The first-order chi connectivity index (χ1) is 11.7. The summed E-state index contributed by atoms with van der Waals surface area (Å²) >= 11 is 1.39. The minimum atomic E-state index is -0.224. The Kier molecular flexibility index (Phi) is 5.87. The van der Waals surface area contributed by atoms with E-state index in [1.54, 1.807) is 5.51 Å². The van der Waals surface area contributed by atoms with E-state index in [4.69, 9.17) is 4.74 Å². The van der Waals surface area contributed by atoms with Gasteiger partial charge in [0, 0.05) is 38.3 Å². The first-order valence-corrected chi connectivity index (χ1v) is 9.99. The normalized spacial score (nSPS) is 19.6. The monoisotopic (exact) mass is 350 g/mol. The summed E-state index contributed by atoms with van der Waals surface area (Å²) in [6.07, 6.45) is 7.57. The third-order valence-electron chi connectivity index (χ3n) is 5.05. The minimum Gasteiger partial charge on any atom is -0.458 e. The van der Waals surface area contributed by atoms with E-state index in [-0.39, 0.29) is 18.0 Å². The molecule has 0 N–H and O–H groups in total. The zero-order valence-electron chi connectivity index (χ0n) is 14.3. The topological polar surface area (TPSA) is 59.5 Å². The lowest BCUT2D eigenvalue weighted by Gasteiger charge is -2.31. The highest BCUT2D eigenvalue weighted by molar-refractivity contribution is 7.11. The number of nitrogens with zero attached hydrogens (tertiary/aromatic N) is 2. The van der Waals surface area contributed by atoms with Gasteiger partial charge in [-0.1, -0.05) is 19.8 Å². The Morgan fingerprint density at radius 3 is 2.62 bits per heavy atom. The summed E-state index contributed by atoms with van der Waals surface area (Å²) in [7, 11) is 0. The Morgan fingerprint density at radius 1 is 1.25 bits per heavy atom. The molecule has 1 saturated carbocycles. The number of esters is 1. The summed E-state index contributed by atoms with van der Waals surface area (Å²) < 4.78 is 5.72. The van der Waals surface area contributed by atoms with Crippen LogP contribution in [0.2, 0.25) is 0 Å². The minimum absolute atomic E-state index is 0.0818. The molecule has 1 saturated heterocycles. The Hall–Kier alpha value is -1.43. The van der Waals surface area contributed by atoms with E-state index in [0.717, 1.165) is 37.8 Å². The van der Waals surface area contributed by atoms with Gasteiger partial charge in [0.05, 0.1) is 11.2 Å². The third-order valence-corrected chi connectivity index (χ3v) is 5.88. The molecule has 2 heterocycles. The Morgan fingerprint density at radius 2 is 1.96 bits per heavy atom. The summed E-state index contributed by atoms with van der Waals surface area (Å²) in [6.45, 7) is 3.40. The summed E-state index contributed by atoms with van der Waals surface area (Å²) in [6, 6.07) is 0. The molecule has 1 aromatic rings. The van der Waals surface area contributed by atoms with Gasteiger partial charge in [0.25, 0.3) is 0 Å². The molecule has 0 bridgehead atoms. The highest BCUT2D eigenvalue weighted by Crippen LogP contribution is 2.36. The van der Waals surface area contributed by atoms with Crippen molar-refractivity contribution < 1.29 is 14.3 Å². The molecule has 0 aromatic carbocycles. The first kappa shape index (κ1) is 17.4. The fourth-order valence-electron chi connectivity index (χ4n) is 3.70. The zero-order chi connectivity index (χ0) is 16.9. The van der Waals surface area contributed by atoms with E-state index in [9.17, 15) is 9.59 Å². The van der Waals surface area contributed by atoms with Gasteiger partial charge in [-0.3, -0.25) is 4.79 Å². The highest BCUT2D eigenvalue weighted by Gasteiger charge is 2.29. The smallest absolute Gasteiger partial charge is 0.350 e. The van der Waals surface area contributed by atoms with Gasteiger partial charge in [0.15, 0.2) is 0 Å². The van der Waals surface area contributed by atoms with Gasteiger partial charge in [0.2, 0.25) is 5.91 Å². The zero-order valence-corrected chi connectivity index (χ0v) is 15.1. The van der Waals surface area contributed by atoms with E-state index in [0.29, 0.717) is 30.3 Å². The van der Waals surface area contributed by atoms with Crippen LogP contribution in [0.5, 0.6) is 0 Å². The van der Waals surface area contributed by atoms with Gasteiger partial charge in [-0.15, -0.1) is 11.3 Å². The van der Waals surface area contributed by atoms with Crippen molar-refractivity contribution in [1.29, 1.82) is 0 Å². The van der Waals surface area contributed by atoms with E-state index < -0.39 is 0 Å². The van der Waals surface area contributed by atoms with E-state index in [2.05, 4.69) is 4.98 Å². The Balaban J connectivity index is 1.53. The van der Waals surface area contributed by atoms with Crippen LogP contribution in [0.1, 0.15) is 79.6 Å². The van der Waals surface area contributed by atoms with Crippen LogP contribution in [0.4, 0.5) is 0 Å². The number of hydrogen-bond donors (Lipinski definition) is 0. The van der Waals surface area contributed by atoms with Crippen molar-refractivity contribution in [2.45, 2.75) is 70.3 Å². The maximum Gasteiger partial charge on any atom is 0.350 e. The molecule has 24 heavy (non-hydrogen) atoms. The molecule has 0 radical (unpaired) electrons. The van der Waals surface area contributed by atoms with Crippen molar-refractivity contribution in [3.63, 3.8) is 0 Å². The largest absolute Gasteiger partial charge is 0.458 e. The second-order valence-electron chi connectivity index (χ2n) is 6.78. The quantitative estimate of drug-likeness (QED) is 0.759. The summed E-state index contributed by atoms with van der Waals surface area (Å²) in [5.41, 5.74) is 2.70. The number of carbonyl (C=O) groups excluding carboxylic acids is 2. The van der Waals surface area contributed by atoms with Gasteiger partial charge < -0.3 is 9.64 Å². The summed E-state index contributed by atoms with van der Waals surface area (Å²) in [5, 5.41) is 0. The number of thiazole rings is 1. The lowest BCUT2D eigenvalue weighted by atomic mass is 10.0. The van der Waals surface area contributed by atoms with Gasteiger partial charge >= 0.3 is 5.97 Å². The molecule has 2 aliphatic rings. The molecule has 5 nitrogen and oxygen atoms in total. The average Bonchev–Trinajstić information content (AvgIpc) is 3.26.